The molecule has 20 heteroatoms. The van der Waals surface area contributed by atoms with Crippen LogP contribution in [0.15, 0.2) is 36.7 Å². The first kappa shape index (κ1) is 54.3. The van der Waals surface area contributed by atoms with E-state index < -0.39 is 40.4 Å². The number of aliphatic carboxylic acids is 2. The third-order valence-corrected chi connectivity index (χ3v) is 5.86. The van der Waals surface area contributed by atoms with Crippen molar-refractivity contribution in [3.05, 3.63) is 47.8 Å². The number of hydrogen-bond acceptors (Lipinski definition) is 15. The van der Waals surface area contributed by atoms with Gasteiger partial charge in [-0.25, -0.2) is 9.59 Å². The van der Waals surface area contributed by atoms with Gasteiger partial charge in [-0.2, -0.15) is 0 Å². The van der Waals surface area contributed by atoms with Gasteiger partial charge in [-0.3, -0.25) is 19.6 Å². The Morgan fingerprint density at radius 3 is 1.24 bits per heavy atom. The van der Waals surface area contributed by atoms with Crippen LogP contribution in [-0.4, -0.2) is 151 Å². The molecule has 0 aliphatic carbocycles. The number of hydrogen-bond donors (Lipinski definition) is 2. The van der Waals surface area contributed by atoms with Crippen LogP contribution in [0.25, 0.3) is 11.4 Å². The predicted octanol–water partition coefficient (Wildman–Crippen LogP) is 4.56. The van der Waals surface area contributed by atoms with Crippen molar-refractivity contribution in [2.75, 3.05) is 107 Å². The topological polar surface area (TPSA) is 218 Å². The molecule has 0 aliphatic rings. The van der Waals surface area contributed by atoms with Crippen molar-refractivity contribution in [2.24, 2.45) is 0 Å². The van der Waals surface area contributed by atoms with E-state index in [1.54, 1.807) is 38.5 Å². The number of rotatable bonds is 27. The number of pyridine rings is 2. The number of nitrogens with zero attached hydrogens (tertiary/aromatic N) is 2. The second-order valence-electron chi connectivity index (χ2n) is 10.3. The summed E-state index contributed by atoms with van der Waals surface area (Å²) in [4.78, 5) is 51.7. The van der Waals surface area contributed by atoms with Crippen molar-refractivity contribution in [3.8, 4) is 11.4 Å². The summed E-state index contributed by atoms with van der Waals surface area (Å²) < 4.78 is 47.5. The molecule has 17 nitrogen and oxygen atoms in total. The van der Waals surface area contributed by atoms with E-state index in [0.29, 0.717) is 102 Å². The summed E-state index contributed by atoms with van der Waals surface area (Å²) in [7, 11) is 13.0. The number of unbranched alkanes of at least 4 members (excludes halogenated alkanes) is 2. The van der Waals surface area contributed by atoms with Gasteiger partial charge in [0, 0.05) is 47.1 Å². The number of ether oxygens (including phenoxy) is 9. The molecule has 0 aromatic carbocycles. The number of halogens is 2. The summed E-state index contributed by atoms with van der Waals surface area (Å²) in [5.41, 5.74) is 1.52. The van der Waals surface area contributed by atoms with Gasteiger partial charge < -0.3 is 52.8 Å². The van der Waals surface area contributed by atoms with E-state index in [2.05, 4.69) is 9.97 Å². The first-order valence-electron chi connectivity index (χ1n) is 16.9. The summed E-state index contributed by atoms with van der Waals surface area (Å²) in [6.07, 6.45) is 5.47. The summed E-state index contributed by atoms with van der Waals surface area (Å²) >= 11 is -0.472. The van der Waals surface area contributed by atoms with Gasteiger partial charge >= 0.3 is 47.3 Å². The Morgan fingerprint density at radius 1 is 0.545 bits per heavy atom. The number of carboxylic acids is 2. The Kier molecular flexibility index (Phi) is 40.3. The van der Waals surface area contributed by atoms with Gasteiger partial charge in [0.15, 0.2) is 0 Å². The third-order valence-electron chi connectivity index (χ3n) is 5.86. The van der Waals surface area contributed by atoms with Crippen LogP contribution in [0.5, 0.6) is 0 Å². The van der Waals surface area contributed by atoms with Gasteiger partial charge in [-0.15, -0.1) is 0 Å². The van der Waals surface area contributed by atoms with E-state index >= 15 is 0 Å². The molecule has 2 N–H and O–H groups in total. The summed E-state index contributed by atoms with van der Waals surface area (Å²) in [5, 5.41) is 14.8. The van der Waals surface area contributed by atoms with Crippen LogP contribution in [0.3, 0.4) is 0 Å². The van der Waals surface area contributed by atoms with Crippen molar-refractivity contribution in [3.63, 3.8) is 0 Å². The molecular weight excluding hydrogens is 954 g/mol. The fourth-order valence-corrected chi connectivity index (χ4v) is 3.55. The number of carbonyl (C=O) groups excluding carboxylic acids is 2. The van der Waals surface area contributed by atoms with E-state index in [9.17, 15) is 9.59 Å². The number of aromatic nitrogens is 2. The van der Waals surface area contributed by atoms with E-state index in [1.807, 2.05) is 0 Å². The molecule has 0 unspecified atom stereocenters. The summed E-state index contributed by atoms with van der Waals surface area (Å²) in [6, 6.07) is 6.28. The number of carboxylic acid groups (broad SMARTS) is 2. The van der Waals surface area contributed by atoms with Gasteiger partial charge in [0.25, 0.3) is 11.9 Å². The molecule has 55 heavy (non-hydrogen) atoms. The van der Waals surface area contributed by atoms with E-state index in [-0.39, 0.29) is 13.2 Å². The molecule has 2 heterocycles. The number of methoxy groups -OCH3 is 2. The first-order chi connectivity index (χ1) is 26.5. The van der Waals surface area contributed by atoms with Crippen LogP contribution < -0.4 is 0 Å². The standard InChI is InChI=1S/C31H46N2O11.2C2H4O2.2ClH.Pt/c1-36-12-14-39-17-16-38-10-4-3-5-11-43-30(34)26-6-8-32-28(24-26)29-25-27(7-9-33-29)31(35)44-23-22-42-21-20-41-19-18-40-15-13-37-2;2*1-2(3)4;;;/h6-9,24-25H,3-5,10-23H2,1-2H3;2*1H3,(H,3,4);2*1H;/q;;;;;+2/p-2. The zero-order valence-corrected chi connectivity index (χ0v) is 35.4. The molecule has 0 fully saturated rings. The van der Waals surface area contributed by atoms with Crippen molar-refractivity contribution in [1.82, 2.24) is 9.97 Å². The minimum atomic E-state index is -0.833. The maximum atomic E-state index is 12.6. The van der Waals surface area contributed by atoms with Gasteiger partial charge in [-0.05, 0) is 43.5 Å². The molecule has 0 atom stereocenters. The van der Waals surface area contributed by atoms with Gasteiger partial charge in [0.2, 0.25) is 0 Å². The van der Waals surface area contributed by atoms with Crippen LogP contribution in [0, 0.1) is 0 Å². The molecule has 0 bridgehead atoms. The van der Waals surface area contributed by atoms with E-state index in [0.717, 1.165) is 33.1 Å². The normalized spacial score (nSPS) is 10.1. The van der Waals surface area contributed by atoms with Gasteiger partial charge in [-0.1, -0.05) is 0 Å². The molecule has 318 valence electrons. The Bertz CT molecular complexity index is 1170. The molecule has 2 aromatic rings. The Hall–Kier alpha value is -2.83. The van der Waals surface area contributed by atoms with Crippen molar-refractivity contribution in [2.45, 2.75) is 33.1 Å². The molecule has 0 aliphatic heterocycles. The average molecular weight is 1010 g/mol. The quantitative estimate of drug-likeness (QED) is 0.0926. The van der Waals surface area contributed by atoms with Crippen molar-refractivity contribution >= 4 is 42.7 Å². The van der Waals surface area contributed by atoms with E-state index in [1.165, 1.54) is 12.4 Å². The number of carbonyl (C=O) groups is 4. The Labute approximate surface area is 338 Å². The van der Waals surface area contributed by atoms with Crippen LogP contribution in [0.1, 0.15) is 53.8 Å². The molecule has 0 spiro atoms. The summed E-state index contributed by atoms with van der Waals surface area (Å²) in [5.74, 6) is -2.63. The molecule has 0 radical (unpaired) electrons. The SMILES string of the molecule is CC(=O)O.CC(=O)O.COCCOCCOCCCCCOC(=O)c1ccnc(-c2cc(C(=O)OCCOCCOCCOCCOC)ccn2)c1.[Cl][Pt][Cl]. The minimum absolute atomic E-state index is 0.0908. The zero-order chi connectivity index (χ0) is 41.4. The third kappa shape index (κ3) is 37.8. The number of esters is 2. The Balaban J connectivity index is 0. The van der Waals surface area contributed by atoms with Crippen LogP contribution in [0.4, 0.5) is 0 Å². The van der Waals surface area contributed by atoms with Crippen molar-refractivity contribution in [1.29, 1.82) is 0 Å². The van der Waals surface area contributed by atoms with Crippen LogP contribution in [0.2, 0.25) is 0 Å². The molecular formula is C35H54Cl2N2O15Pt. The van der Waals surface area contributed by atoms with Gasteiger partial charge in [0.05, 0.1) is 102 Å². The summed E-state index contributed by atoms with van der Waals surface area (Å²) in [6.45, 7) is 8.48. The monoisotopic (exact) mass is 1010 g/mol. The second kappa shape index (κ2) is 40.8. The fourth-order valence-electron chi connectivity index (χ4n) is 3.55. The van der Waals surface area contributed by atoms with Crippen molar-refractivity contribution < 1.29 is 88.5 Å². The zero-order valence-electron chi connectivity index (χ0n) is 31.7. The second-order valence-corrected chi connectivity index (χ2v) is 13.6. The fraction of sp³-hybridized carbons (Fsp3) is 0.600. The van der Waals surface area contributed by atoms with Crippen LogP contribution >= 0.6 is 18.8 Å². The van der Waals surface area contributed by atoms with Gasteiger partial charge in [0.1, 0.15) is 6.61 Å². The maximum absolute atomic E-state index is 12.6. The average Bonchev–Trinajstić information content (AvgIpc) is 3.15. The molecule has 2 aromatic heterocycles. The van der Waals surface area contributed by atoms with Crippen LogP contribution in [-0.2, 0) is 68.7 Å². The molecule has 2 rings (SSSR count). The van der Waals surface area contributed by atoms with E-state index in [4.69, 9.17) is 81.3 Å². The molecule has 0 saturated carbocycles. The molecule has 0 saturated heterocycles. The molecule has 0 amide bonds. The first-order valence-corrected chi connectivity index (χ1v) is 22.5. The predicted molar refractivity (Wildman–Crippen MR) is 198 cm³/mol. The Morgan fingerprint density at radius 2 is 0.855 bits per heavy atom.